The molecule has 0 bridgehead atoms. The van der Waals surface area contributed by atoms with Crippen molar-refractivity contribution in [3.63, 3.8) is 0 Å². The van der Waals surface area contributed by atoms with Crippen molar-refractivity contribution in [2.24, 2.45) is 0 Å². The molecule has 0 aliphatic heterocycles. The van der Waals surface area contributed by atoms with E-state index in [1.807, 2.05) is 32.0 Å². The van der Waals surface area contributed by atoms with Gasteiger partial charge in [0.1, 0.15) is 0 Å². The molecule has 3 aromatic rings. The number of aliphatic hydroxyl groups excluding tert-OH is 1. The number of hydrogen-bond acceptors (Lipinski definition) is 5. The van der Waals surface area contributed by atoms with Gasteiger partial charge in [0.05, 0.1) is 0 Å². The normalized spacial score (nSPS) is 11.1. The molecule has 112 valence electrons. The fourth-order valence-electron chi connectivity index (χ4n) is 2.39. The van der Waals surface area contributed by atoms with E-state index in [0.717, 1.165) is 22.3 Å². The highest BCUT2D eigenvalue weighted by Crippen LogP contribution is 2.29. The van der Waals surface area contributed by atoms with Crippen LogP contribution in [0, 0.1) is 13.8 Å². The smallest absolute Gasteiger partial charge is 0.248 e. The largest absolute Gasteiger partial charge is 0.416 e. The van der Waals surface area contributed by atoms with Crippen LogP contribution in [0.15, 0.2) is 46.9 Å². The van der Waals surface area contributed by atoms with Gasteiger partial charge in [-0.1, -0.05) is 30.3 Å². The summed E-state index contributed by atoms with van der Waals surface area (Å²) in [5.74, 6) is 0.883. The van der Waals surface area contributed by atoms with Crippen molar-refractivity contribution in [1.29, 1.82) is 0 Å². The minimum Gasteiger partial charge on any atom is -0.416 e. The molecule has 0 radical (unpaired) electrons. The average molecular weight is 296 g/mol. The van der Waals surface area contributed by atoms with Crippen LogP contribution in [0.1, 0.15) is 23.0 Å². The molecule has 1 aromatic heterocycles. The lowest BCUT2D eigenvalue weighted by Gasteiger charge is -2.04. The van der Waals surface area contributed by atoms with Crippen molar-refractivity contribution < 1.29 is 14.6 Å². The van der Waals surface area contributed by atoms with E-state index in [1.54, 1.807) is 24.3 Å². The van der Waals surface area contributed by atoms with Gasteiger partial charge in [-0.15, -0.1) is 10.2 Å². The summed E-state index contributed by atoms with van der Waals surface area (Å²) in [5.41, 5.74) is 4.25. The van der Waals surface area contributed by atoms with Crippen LogP contribution in [0.25, 0.3) is 22.9 Å². The summed E-state index contributed by atoms with van der Waals surface area (Å²) in [7, 11) is 0. The Morgan fingerprint density at radius 1 is 0.864 bits per heavy atom. The zero-order valence-electron chi connectivity index (χ0n) is 12.3. The van der Waals surface area contributed by atoms with E-state index in [-0.39, 0.29) is 0 Å². The zero-order chi connectivity index (χ0) is 15.7. The second kappa shape index (κ2) is 5.71. The first-order valence-electron chi connectivity index (χ1n) is 6.93. The molecule has 0 unspecified atom stereocenters. The number of benzene rings is 2. The molecule has 0 fully saturated rings. The lowest BCUT2D eigenvalue weighted by molar-refractivity contribution is -0.0424. The Balaban J connectivity index is 1.97. The Hall–Kier alpha value is -2.50. The van der Waals surface area contributed by atoms with Crippen molar-refractivity contribution in [3.8, 4) is 22.9 Å². The van der Waals surface area contributed by atoms with E-state index < -0.39 is 6.29 Å². The molecular weight excluding hydrogens is 280 g/mol. The van der Waals surface area contributed by atoms with Gasteiger partial charge in [0.15, 0.2) is 6.29 Å². The summed E-state index contributed by atoms with van der Waals surface area (Å²) in [6, 6.07) is 12.7. The number of rotatable bonds is 3. The summed E-state index contributed by atoms with van der Waals surface area (Å²) < 4.78 is 5.77. The van der Waals surface area contributed by atoms with E-state index in [0.29, 0.717) is 17.3 Å². The van der Waals surface area contributed by atoms with Crippen LogP contribution >= 0.6 is 0 Å². The van der Waals surface area contributed by atoms with Crippen molar-refractivity contribution in [2.45, 2.75) is 20.1 Å². The standard InChI is InChI=1S/C17H16N2O3/c1-10-4-3-5-11(2)14(10)16-19-18-15(22-16)12-6-8-13(9-7-12)17(20)21/h3-9,17,20-21H,1-2H3. The first kappa shape index (κ1) is 14.4. The second-order valence-corrected chi connectivity index (χ2v) is 5.17. The quantitative estimate of drug-likeness (QED) is 0.726. The molecule has 1 heterocycles. The highest BCUT2D eigenvalue weighted by atomic mass is 16.5. The minimum absolute atomic E-state index is 0.400. The average Bonchev–Trinajstić information content (AvgIpc) is 2.97. The monoisotopic (exact) mass is 296 g/mol. The molecule has 3 rings (SSSR count). The number of aliphatic hydroxyl groups is 2. The first-order valence-corrected chi connectivity index (χ1v) is 6.93. The fraction of sp³-hybridized carbons (Fsp3) is 0.176. The van der Waals surface area contributed by atoms with Gasteiger partial charge in [-0.25, -0.2) is 0 Å². The maximum Gasteiger partial charge on any atom is 0.248 e. The number of aromatic nitrogens is 2. The predicted octanol–water partition coefficient (Wildman–Crippen LogP) is 3.00. The van der Waals surface area contributed by atoms with Gasteiger partial charge in [0, 0.05) is 16.7 Å². The van der Waals surface area contributed by atoms with Gasteiger partial charge in [-0.3, -0.25) is 0 Å². The van der Waals surface area contributed by atoms with Crippen LogP contribution in [0.4, 0.5) is 0 Å². The molecule has 5 heteroatoms. The van der Waals surface area contributed by atoms with Gasteiger partial charge in [0.25, 0.3) is 0 Å². The van der Waals surface area contributed by atoms with Crippen LogP contribution in [-0.2, 0) is 0 Å². The van der Waals surface area contributed by atoms with E-state index in [9.17, 15) is 0 Å². The van der Waals surface area contributed by atoms with Gasteiger partial charge < -0.3 is 14.6 Å². The van der Waals surface area contributed by atoms with Crippen molar-refractivity contribution in [1.82, 2.24) is 10.2 Å². The van der Waals surface area contributed by atoms with Gasteiger partial charge in [-0.05, 0) is 37.1 Å². The van der Waals surface area contributed by atoms with Crippen molar-refractivity contribution >= 4 is 0 Å². The maximum absolute atomic E-state index is 9.10. The lowest BCUT2D eigenvalue weighted by Crippen LogP contribution is -1.93. The Labute approximate surface area is 127 Å². The molecule has 0 aliphatic carbocycles. The topological polar surface area (TPSA) is 79.4 Å². The molecule has 0 atom stereocenters. The Bertz CT molecular complexity index is 772. The summed E-state index contributed by atoms with van der Waals surface area (Å²) in [5, 5.41) is 26.4. The predicted molar refractivity (Wildman–Crippen MR) is 81.8 cm³/mol. The van der Waals surface area contributed by atoms with Gasteiger partial charge in [0.2, 0.25) is 11.8 Å². The number of hydrogen-bond donors (Lipinski definition) is 2. The Morgan fingerprint density at radius 2 is 1.45 bits per heavy atom. The third-order valence-corrected chi connectivity index (χ3v) is 3.58. The van der Waals surface area contributed by atoms with Crippen LogP contribution in [-0.4, -0.2) is 20.4 Å². The first-order chi connectivity index (χ1) is 10.6. The molecule has 0 spiro atoms. The SMILES string of the molecule is Cc1cccc(C)c1-c1nnc(-c2ccc(C(O)O)cc2)o1. The van der Waals surface area contributed by atoms with Crippen molar-refractivity contribution in [2.75, 3.05) is 0 Å². The van der Waals surface area contributed by atoms with E-state index >= 15 is 0 Å². The van der Waals surface area contributed by atoms with Gasteiger partial charge >= 0.3 is 0 Å². The van der Waals surface area contributed by atoms with E-state index in [4.69, 9.17) is 14.6 Å². The lowest BCUT2D eigenvalue weighted by atomic mass is 10.0. The summed E-state index contributed by atoms with van der Waals surface area (Å²) >= 11 is 0. The molecule has 0 aliphatic rings. The highest BCUT2D eigenvalue weighted by Gasteiger charge is 2.14. The maximum atomic E-state index is 9.10. The van der Waals surface area contributed by atoms with Crippen molar-refractivity contribution in [3.05, 3.63) is 59.2 Å². The molecule has 0 saturated carbocycles. The van der Waals surface area contributed by atoms with Crippen LogP contribution in [0.2, 0.25) is 0 Å². The summed E-state index contributed by atoms with van der Waals surface area (Å²) in [6.45, 7) is 4.01. The number of aryl methyl sites for hydroxylation is 2. The zero-order valence-corrected chi connectivity index (χ0v) is 12.3. The molecule has 2 N–H and O–H groups in total. The molecule has 0 amide bonds. The molecule has 5 nitrogen and oxygen atoms in total. The van der Waals surface area contributed by atoms with Crippen LogP contribution < -0.4 is 0 Å². The molecular formula is C17H16N2O3. The third-order valence-electron chi connectivity index (χ3n) is 3.58. The van der Waals surface area contributed by atoms with E-state index in [1.165, 1.54) is 0 Å². The fourth-order valence-corrected chi connectivity index (χ4v) is 2.39. The second-order valence-electron chi connectivity index (χ2n) is 5.17. The highest BCUT2D eigenvalue weighted by molar-refractivity contribution is 5.64. The summed E-state index contributed by atoms with van der Waals surface area (Å²) in [4.78, 5) is 0. The Kier molecular flexibility index (Phi) is 3.75. The number of nitrogens with zero attached hydrogens (tertiary/aromatic N) is 2. The van der Waals surface area contributed by atoms with Crippen LogP contribution in [0.3, 0.4) is 0 Å². The molecule has 22 heavy (non-hydrogen) atoms. The minimum atomic E-state index is -1.48. The Morgan fingerprint density at radius 3 is 2.05 bits per heavy atom. The third kappa shape index (κ3) is 2.64. The van der Waals surface area contributed by atoms with Gasteiger partial charge in [-0.2, -0.15) is 0 Å². The van der Waals surface area contributed by atoms with E-state index in [2.05, 4.69) is 10.2 Å². The summed E-state index contributed by atoms with van der Waals surface area (Å²) in [6.07, 6.45) is -1.48. The molecule has 0 saturated heterocycles. The van der Waals surface area contributed by atoms with Crippen LogP contribution in [0.5, 0.6) is 0 Å². The molecule has 2 aromatic carbocycles.